The first kappa shape index (κ1) is 33.1. The van der Waals surface area contributed by atoms with E-state index in [9.17, 15) is 18.0 Å². The summed E-state index contributed by atoms with van der Waals surface area (Å²) >= 11 is 0. The quantitative estimate of drug-likeness (QED) is 0.216. The van der Waals surface area contributed by atoms with Gasteiger partial charge in [0.2, 0.25) is 5.75 Å². The maximum Gasteiger partial charge on any atom is 0.261 e. The van der Waals surface area contributed by atoms with Gasteiger partial charge in [-0.05, 0) is 73.7 Å². The fourth-order valence-electron chi connectivity index (χ4n) is 5.82. The normalized spacial score (nSPS) is 18.3. The van der Waals surface area contributed by atoms with Crippen molar-refractivity contribution in [2.24, 2.45) is 0 Å². The Balaban J connectivity index is 1.45. The first-order valence-electron chi connectivity index (χ1n) is 15.1. The molecule has 2 aliphatic heterocycles. The van der Waals surface area contributed by atoms with E-state index in [4.69, 9.17) is 28.4 Å². The van der Waals surface area contributed by atoms with Gasteiger partial charge in [-0.2, -0.15) is 0 Å². The van der Waals surface area contributed by atoms with E-state index in [-0.39, 0.29) is 35.7 Å². The smallest absolute Gasteiger partial charge is 0.261 e. The van der Waals surface area contributed by atoms with Crippen molar-refractivity contribution in [2.75, 3.05) is 40.8 Å². The van der Waals surface area contributed by atoms with Crippen LogP contribution in [0, 0.1) is 0 Å². The van der Waals surface area contributed by atoms with Crippen molar-refractivity contribution in [3.63, 3.8) is 0 Å². The van der Waals surface area contributed by atoms with Crippen LogP contribution in [-0.4, -0.2) is 72.0 Å². The van der Waals surface area contributed by atoms with Gasteiger partial charge in [-0.1, -0.05) is 19.1 Å². The number of rotatable bonds is 13. The van der Waals surface area contributed by atoms with Crippen LogP contribution >= 0.6 is 0 Å². The molecule has 11 nitrogen and oxygen atoms in total. The number of hydrogen-bond acceptors (Lipinski definition) is 10. The molecule has 0 radical (unpaired) electrons. The van der Waals surface area contributed by atoms with Crippen molar-refractivity contribution in [1.29, 1.82) is 0 Å². The second kappa shape index (κ2) is 13.6. The number of ether oxygens (including phenoxy) is 6. The van der Waals surface area contributed by atoms with Crippen LogP contribution in [0.3, 0.4) is 0 Å². The second-order valence-corrected chi connectivity index (χ2v) is 13.3. The molecule has 0 aliphatic carbocycles. The van der Waals surface area contributed by atoms with Gasteiger partial charge in [-0.25, -0.2) is 8.42 Å². The Bertz CT molecular complexity index is 1680. The predicted molar refractivity (Wildman–Crippen MR) is 169 cm³/mol. The van der Waals surface area contributed by atoms with Gasteiger partial charge in [0.1, 0.15) is 11.5 Å². The van der Waals surface area contributed by atoms with E-state index < -0.39 is 33.8 Å². The lowest BCUT2D eigenvalue weighted by atomic mass is 10.0. The summed E-state index contributed by atoms with van der Waals surface area (Å²) in [5.41, 5.74) is 2.11. The lowest BCUT2D eigenvalue weighted by Crippen LogP contribution is -2.41. The third-order valence-electron chi connectivity index (χ3n) is 8.09. The summed E-state index contributed by atoms with van der Waals surface area (Å²) in [6, 6.07) is 13.0. The van der Waals surface area contributed by atoms with Gasteiger partial charge >= 0.3 is 0 Å². The summed E-state index contributed by atoms with van der Waals surface area (Å²) in [7, 11) is 0.867. The maximum atomic E-state index is 13.1. The van der Waals surface area contributed by atoms with Crippen LogP contribution in [-0.2, 0) is 14.6 Å². The molecule has 12 heteroatoms. The molecular formula is C34H39NO10S. The van der Waals surface area contributed by atoms with Gasteiger partial charge in [0.25, 0.3) is 11.8 Å². The average Bonchev–Trinajstić information content (AvgIpc) is 3.64. The minimum atomic E-state index is -3.76. The average molecular weight is 654 g/mol. The van der Waals surface area contributed by atoms with E-state index >= 15 is 0 Å². The maximum absolute atomic E-state index is 13.1. The van der Waals surface area contributed by atoms with Crippen LogP contribution in [0.5, 0.6) is 28.7 Å². The molecule has 3 aromatic rings. The standard InChI is InChI=1S/C34H39NO10S/c1-7-14-43-32-29(44-19-20(2)35-33(36)23-10-8-9-11-24(23)34(35)37)17-22(18-30(32)46(6,38)39)26-13-12-25(45-26)21-15-27(40-3)31(42-5)28(16-21)41-4/h8-11,15-18,20,25-26H,7,12-14,19H2,1-6H3. The van der Waals surface area contributed by atoms with Gasteiger partial charge in [0.15, 0.2) is 32.8 Å². The van der Waals surface area contributed by atoms with Crippen LogP contribution < -0.4 is 23.7 Å². The third kappa shape index (κ3) is 6.36. The van der Waals surface area contributed by atoms with E-state index in [0.717, 1.165) is 11.8 Å². The highest BCUT2D eigenvalue weighted by molar-refractivity contribution is 7.90. The number of carbonyl (C=O) groups is 2. The summed E-state index contributed by atoms with van der Waals surface area (Å²) < 4.78 is 61.2. The zero-order valence-corrected chi connectivity index (χ0v) is 27.6. The van der Waals surface area contributed by atoms with E-state index in [2.05, 4.69) is 0 Å². The Labute approximate surface area is 269 Å². The molecule has 46 heavy (non-hydrogen) atoms. The molecule has 246 valence electrons. The molecule has 3 unspecified atom stereocenters. The molecule has 3 atom stereocenters. The first-order chi connectivity index (χ1) is 22.0. The van der Waals surface area contributed by atoms with E-state index in [0.29, 0.717) is 53.2 Å². The number of amides is 2. The zero-order valence-electron chi connectivity index (χ0n) is 26.8. The van der Waals surface area contributed by atoms with Crippen molar-refractivity contribution in [2.45, 2.75) is 56.3 Å². The van der Waals surface area contributed by atoms with Crippen LogP contribution in [0.2, 0.25) is 0 Å². The summed E-state index contributed by atoms with van der Waals surface area (Å²) in [6.07, 6.45) is 2.22. The second-order valence-electron chi connectivity index (χ2n) is 11.3. The molecule has 0 N–H and O–H groups in total. The molecule has 0 spiro atoms. The third-order valence-corrected chi connectivity index (χ3v) is 9.19. The zero-order chi connectivity index (χ0) is 33.2. The molecule has 2 amide bonds. The van der Waals surface area contributed by atoms with Crippen molar-refractivity contribution >= 4 is 21.7 Å². The SMILES string of the molecule is CCCOc1c(OCC(C)N2C(=O)c3ccccc3C2=O)cc(C2CCC(c3cc(OC)c(OC)c(OC)c3)O2)cc1S(C)(=O)=O. The van der Waals surface area contributed by atoms with Crippen molar-refractivity contribution in [1.82, 2.24) is 4.90 Å². The molecule has 1 saturated heterocycles. The van der Waals surface area contributed by atoms with Crippen molar-refractivity contribution in [3.05, 3.63) is 70.8 Å². The van der Waals surface area contributed by atoms with Crippen LogP contribution in [0.15, 0.2) is 53.4 Å². The molecule has 2 aliphatic rings. The van der Waals surface area contributed by atoms with E-state index in [1.807, 2.05) is 19.1 Å². The number of imide groups is 1. The van der Waals surface area contributed by atoms with Crippen LogP contribution in [0.1, 0.15) is 77.2 Å². The lowest BCUT2D eigenvalue weighted by molar-refractivity contribution is 0.0434. The molecule has 5 rings (SSSR count). The monoisotopic (exact) mass is 653 g/mol. The number of benzene rings is 3. The number of methoxy groups -OCH3 is 3. The molecule has 0 aromatic heterocycles. The topological polar surface area (TPSA) is 127 Å². The van der Waals surface area contributed by atoms with Crippen molar-refractivity contribution in [3.8, 4) is 28.7 Å². The first-order valence-corrected chi connectivity index (χ1v) is 17.0. The van der Waals surface area contributed by atoms with Crippen LogP contribution in [0.25, 0.3) is 0 Å². The Kier molecular flexibility index (Phi) is 9.78. The molecule has 0 saturated carbocycles. The Morgan fingerprint density at radius 2 is 1.37 bits per heavy atom. The largest absolute Gasteiger partial charge is 0.493 e. The van der Waals surface area contributed by atoms with Crippen molar-refractivity contribution < 1.29 is 46.4 Å². The highest BCUT2D eigenvalue weighted by Gasteiger charge is 2.39. The summed E-state index contributed by atoms with van der Waals surface area (Å²) in [6.45, 7) is 3.79. The van der Waals surface area contributed by atoms with Gasteiger partial charge in [0.05, 0.1) is 57.3 Å². The number of fused-ring (bicyclic) bond motifs is 1. The number of carbonyl (C=O) groups excluding carboxylic acids is 2. The number of nitrogens with zero attached hydrogens (tertiary/aromatic N) is 1. The Morgan fingerprint density at radius 1 is 0.826 bits per heavy atom. The van der Waals surface area contributed by atoms with Gasteiger partial charge in [0, 0.05) is 6.26 Å². The highest BCUT2D eigenvalue weighted by atomic mass is 32.2. The Hall–Kier alpha value is -4.29. The van der Waals surface area contributed by atoms with Crippen LogP contribution in [0.4, 0.5) is 0 Å². The molecule has 1 fully saturated rings. The predicted octanol–water partition coefficient (Wildman–Crippen LogP) is 5.56. The van der Waals surface area contributed by atoms with Gasteiger partial charge < -0.3 is 28.4 Å². The number of sulfone groups is 1. The van der Waals surface area contributed by atoms with Gasteiger partial charge in [-0.3, -0.25) is 14.5 Å². The molecule has 2 heterocycles. The minimum Gasteiger partial charge on any atom is -0.493 e. The summed E-state index contributed by atoms with van der Waals surface area (Å²) in [5.74, 6) is 0.952. The summed E-state index contributed by atoms with van der Waals surface area (Å²) in [5, 5.41) is 0. The molecule has 3 aromatic carbocycles. The minimum absolute atomic E-state index is 0.0262. The fourth-order valence-corrected chi connectivity index (χ4v) is 6.67. The Morgan fingerprint density at radius 3 is 1.87 bits per heavy atom. The van der Waals surface area contributed by atoms with E-state index in [1.54, 1.807) is 57.5 Å². The molecular weight excluding hydrogens is 614 g/mol. The highest BCUT2D eigenvalue weighted by Crippen LogP contribution is 2.48. The number of hydrogen-bond donors (Lipinski definition) is 0. The summed E-state index contributed by atoms with van der Waals surface area (Å²) in [4.78, 5) is 27.2. The lowest BCUT2D eigenvalue weighted by Gasteiger charge is -2.25. The van der Waals surface area contributed by atoms with Gasteiger partial charge in [-0.15, -0.1) is 0 Å². The molecule has 0 bridgehead atoms. The fraction of sp³-hybridized carbons (Fsp3) is 0.412. The van der Waals surface area contributed by atoms with E-state index in [1.165, 1.54) is 12.0 Å².